The van der Waals surface area contributed by atoms with Crippen molar-refractivity contribution in [2.75, 3.05) is 0 Å². The van der Waals surface area contributed by atoms with Crippen molar-refractivity contribution in [1.29, 1.82) is 0 Å². The van der Waals surface area contributed by atoms with Crippen LogP contribution in [0.25, 0.3) is 0 Å². The van der Waals surface area contributed by atoms with Crippen LogP contribution in [0, 0.1) is 0 Å². The first-order valence-corrected chi connectivity index (χ1v) is 5.74. The molecule has 0 fully saturated rings. The van der Waals surface area contributed by atoms with Crippen molar-refractivity contribution in [3.05, 3.63) is 65.7 Å². The second kappa shape index (κ2) is 5.77. The van der Waals surface area contributed by atoms with Gasteiger partial charge in [-0.1, -0.05) is 12.2 Å². The fraction of sp³-hybridized carbons (Fsp3) is 0.0714. The first-order valence-electron chi connectivity index (χ1n) is 5.74. The number of carbonyl (C=O) groups is 2. The molecule has 0 radical (unpaired) electrons. The number of hydrogen-bond donors (Lipinski definition) is 2. The summed E-state index contributed by atoms with van der Waals surface area (Å²) in [6.07, 6.45) is 9.75. The molecule has 0 spiro atoms. The fourth-order valence-electron chi connectivity index (χ4n) is 1.54. The molecule has 19 heavy (non-hydrogen) atoms. The number of amides is 1. The van der Waals surface area contributed by atoms with Crippen molar-refractivity contribution >= 4 is 11.7 Å². The molecule has 0 saturated carbocycles. The Morgan fingerprint density at radius 2 is 2.05 bits per heavy atom. The summed E-state index contributed by atoms with van der Waals surface area (Å²) in [5.41, 5.74) is 6.75. The summed E-state index contributed by atoms with van der Waals surface area (Å²) in [5, 5.41) is 0. The van der Waals surface area contributed by atoms with Crippen molar-refractivity contribution in [2.45, 2.75) is 6.92 Å². The van der Waals surface area contributed by atoms with Crippen LogP contribution in [0.15, 0.2) is 60.1 Å². The molecule has 1 aliphatic rings. The van der Waals surface area contributed by atoms with Gasteiger partial charge in [0.2, 0.25) is 0 Å². The standard InChI is InChI=1S/C14H13N3O2/c1-10-3-2-4-12(13(10)18)9-16-17-14(19)11-5-7-15-8-6-11/h2-9,16H,1H3,(H,17,19). The van der Waals surface area contributed by atoms with E-state index < -0.39 is 0 Å². The van der Waals surface area contributed by atoms with Crippen molar-refractivity contribution in [3.8, 4) is 0 Å². The lowest BCUT2D eigenvalue weighted by molar-refractivity contribution is -0.112. The van der Waals surface area contributed by atoms with Gasteiger partial charge in [-0.2, -0.15) is 0 Å². The Hall–Kier alpha value is -2.69. The van der Waals surface area contributed by atoms with E-state index in [0.29, 0.717) is 16.7 Å². The van der Waals surface area contributed by atoms with E-state index >= 15 is 0 Å². The number of rotatable bonds is 3. The van der Waals surface area contributed by atoms with Crippen LogP contribution in [0.2, 0.25) is 0 Å². The lowest BCUT2D eigenvalue weighted by Crippen LogP contribution is -2.34. The second-order valence-corrected chi connectivity index (χ2v) is 3.97. The number of hydrazine groups is 1. The molecule has 0 aromatic carbocycles. The zero-order valence-electron chi connectivity index (χ0n) is 10.4. The predicted molar refractivity (Wildman–Crippen MR) is 70.8 cm³/mol. The van der Waals surface area contributed by atoms with Gasteiger partial charge in [-0.3, -0.25) is 20.0 Å². The lowest BCUT2D eigenvalue weighted by Gasteiger charge is -2.08. The number of aromatic nitrogens is 1. The molecule has 1 aliphatic carbocycles. The molecule has 1 aromatic rings. The highest BCUT2D eigenvalue weighted by Gasteiger charge is 2.11. The number of hydrogen-bond acceptors (Lipinski definition) is 4. The molecule has 96 valence electrons. The van der Waals surface area contributed by atoms with Crippen LogP contribution in [0.1, 0.15) is 17.3 Å². The van der Waals surface area contributed by atoms with E-state index in [2.05, 4.69) is 15.8 Å². The Morgan fingerprint density at radius 3 is 2.79 bits per heavy atom. The van der Waals surface area contributed by atoms with Crippen LogP contribution in [-0.2, 0) is 4.79 Å². The van der Waals surface area contributed by atoms with Crippen molar-refractivity contribution in [3.63, 3.8) is 0 Å². The van der Waals surface area contributed by atoms with E-state index in [1.165, 1.54) is 18.6 Å². The van der Waals surface area contributed by atoms with Crippen LogP contribution in [-0.4, -0.2) is 16.7 Å². The molecule has 0 aliphatic heterocycles. The van der Waals surface area contributed by atoms with Gasteiger partial charge in [0, 0.05) is 29.7 Å². The van der Waals surface area contributed by atoms with Crippen molar-refractivity contribution in [1.82, 2.24) is 15.8 Å². The molecular weight excluding hydrogens is 242 g/mol. The summed E-state index contributed by atoms with van der Waals surface area (Å²) in [6, 6.07) is 3.20. The van der Waals surface area contributed by atoms with Crippen molar-refractivity contribution in [2.24, 2.45) is 0 Å². The largest absolute Gasteiger partial charge is 0.305 e. The maximum absolute atomic E-state index is 11.7. The van der Waals surface area contributed by atoms with Crippen LogP contribution >= 0.6 is 0 Å². The third kappa shape index (κ3) is 3.16. The minimum Gasteiger partial charge on any atom is -0.305 e. The van der Waals surface area contributed by atoms with Gasteiger partial charge in [0.25, 0.3) is 5.91 Å². The SMILES string of the molecule is CC1=CC=CC(=CNNC(=O)c2ccncc2)C1=O. The van der Waals surface area contributed by atoms with E-state index in [1.54, 1.807) is 37.3 Å². The molecule has 0 bridgehead atoms. The molecule has 0 atom stereocenters. The molecule has 1 amide bonds. The molecule has 2 N–H and O–H groups in total. The summed E-state index contributed by atoms with van der Waals surface area (Å²) in [6.45, 7) is 1.75. The van der Waals surface area contributed by atoms with Crippen LogP contribution in [0.3, 0.4) is 0 Å². The van der Waals surface area contributed by atoms with E-state index in [4.69, 9.17) is 0 Å². The Morgan fingerprint density at radius 1 is 1.32 bits per heavy atom. The third-order valence-electron chi connectivity index (χ3n) is 2.60. The highest BCUT2D eigenvalue weighted by molar-refractivity contribution is 6.10. The first kappa shape index (κ1) is 12.8. The first-order chi connectivity index (χ1) is 9.18. The van der Waals surface area contributed by atoms with Crippen molar-refractivity contribution < 1.29 is 9.59 Å². The molecule has 5 heteroatoms. The maximum Gasteiger partial charge on any atom is 0.269 e. The minimum absolute atomic E-state index is 0.0619. The average molecular weight is 255 g/mol. The Kier molecular flexibility index (Phi) is 3.87. The van der Waals surface area contributed by atoms with Crippen LogP contribution in [0.5, 0.6) is 0 Å². The second-order valence-electron chi connectivity index (χ2n) is 3.97. The number of carbonyl (C=O) groups excluding carboxylic acids is 2. The average Bonchev–Trinajstić information content (AvgIpc) is 2.44. The molecule has 2 rings (SSSR count). The van der Waals surface area contributed by atoms with Gasteiger partial charge in [0.05, 0.1) is 0 Å². The Bertz CT molecular complexity index is 586. The third-order valence-corrected chi connectivity index (χ3v) is 2.60. The topological polar surface area (TPSA) is 71.1 Å². The van der Waals surface area contributed by atoms with Gasteiger partial charge in [-0.15, -0.1) is 0 Å². The summed E-state index contributed by atoms with van der Waals surface area (Å²) in [4.78, 5) is 27.2. The molecule has 0 saturated heterocycles. The van der Waals surface area contributed by atoms with Gasteiger partial charge in [0.1, 0.15) is 0 Å². The number of nitrogens with one attached hydrogen (secondary N) is 2. The normalized spacial score (nSPS) is 16.2. The van der Waals surface area contributed by atoms with Gasteiger partial charge >= 0.3 is 0 Å². The van der Waals surface area contributed by atoms with Gasteiger partial charge in [0.15, 0.2) is 5.78 Å². The number of Topliss-reactive ketones (excluding diaryl/α,β-unsaturated/α-hetero) is 1. The molecule has 1 aromatic heterocycles. The Balaban J connectivity index is 1.94. The minimum atomic E-state index is -0.293. The van der Waals surface area contributed by atoms with Crippen LogP contribution in [0.4, 0.5) is 0 Å². The fourth-order valence-corrected chi connectivity index (χ4v) is 1.54. The maximum atomic E-state index is 11.7. The number of allylic oxidation sites excluding steroid dienone is 5. The summed E-state index contributed by atoms with van der Waals surface area (Å²) >= 11 is 0. The molecule has 1 heterocycles. The van der Waals surface area contributed by atoms with E-state index in [0.717, 1.165) is 0 Å². The monoisotopic (exact) mass is 255 g/mol. The summed E-state index contributed by atoms with van der Waals surface area (Å²) in [5.74, 6) is -0.355. The van der Waals surface area contributed by atoms with Gasteiger partial charge in [-0.25, -0.2) is 0 Å². The summed E-state index contributed by atoms with van der Waals surface area (Å²) < 4.78 is 0. The predicted octanol–water partition coefficient (Wildman–Crippen LogP) is 1.29. The van der Waals surface area contributed by atoms with E-state index in [9.17, 15) is 9.59 Å². The molecule has 5 nitrogen and oxygen atoms in total. The number of nitrogens with zero attached hydrogens (tertiary/aromatic N) is 1. The Labute approximate surface area is 110 Å². The van der Waals surface area contributed by atoms with Gasteiger partial charge < -0.3 is 5.43 Å². The van der Waals surface area contributed by atoms with Gasteiger partial charge in [-0.05, 0) is 30.7 Å². The molecule has 0 unspecified atom stereocenters. The lowest BCUT2D eigenvalue weighted by atomic mass is 10.0. The summed E-state index contributed by atoms with van der Waals surface area (Å²) in [7, 11) is 0. The number of ketones is 1. The van der Waals surface area contributed by atoms with E-state index in [-0.39, 0.29) is 11.7 Å². The number of pyridine rings is 1. The van der Waals surface area contributed by atoms with E-state index in [1.807, 2.05) is 0 Å². The zero-order valence-corrected chi connectivity index (χ0v) is 10.4. The zero-order chi connectivity index (χ0) is 13.7. The highest BCUT2D eigenvalue weighted by Crippen LogP contribution is 2.11. The quantitative estimate of drug-likeness (QED) is 0.630. The highest BCUT2D eigenvalue weighted by atomic mass is 16.2. The van der Waals surface area contributed by atoms with Crippen LogP contribution < -0.4 is 10.9 Å². The molecular formula is C14H13N3O2. The smallest absolute Gasteiger partial charge is 0.269 e.